The number of thiazole rings is 3. The van der Waals surface area contributed by atoms with Crippen LogP contribution in [0.5, 0.6) is 0 Å². The first-order valence-electron chi connectivity index (χ1n) is 44.0. The van der Waals surface area contributed by atoms with E-state index in [0.29, 0.717) is 180 Å². The molecule has 6 atom stereocenters. The molecule has 42 heteroatoms. The molecule has 6 fully saturated rings. The molecule has 6 amide bonds. The molecule has 3 aromatic heterocycles. The first-order valence-corrected chi connectivity index (χ1v) is 48.1. The van der Waals surface area contributed by atoms with Gasteiger partial charge >= 0.3 is 53.9 Å². The number of esters is 3. The highest BCUT2D eigenvalue weighted by Gasteiger charge is 2.47. The van der Waals surface area contributed by atoms with Crippen molar-refractivity contribution in [1.82, 2.24) is 60.3 Å². The van der Waals surface area contributed by atoms with Crippen molar-refractivity contribution in [2.75, 3.05) is 134 Å². The summed E-state index contributed by atoms with van der Waals surface area (Å²) in [4.78, 5) is 159. The molecule has 0 spiro atoms. The van der Waals surface area contributed by atoms with Crippen LogP contribution in [0.25, 0.3) is 17.7 Å². The molecule has 0 saturated carbocycles. The number of halogens is 6. The minimum absolute atomic E-state index is 0.0821. The Kier molecular flexibility index (Phi) is 30.6. The molecule has 9 aliphatic heterocycles. The highest BCUT2D eigenvalue weighted by atomic mass is 79.9. The fraction of sp³-hybridized carbons (Fsp3) is 0.289. The van der Waals surface area contributed by atoms with Gasteiger partial charge < -0.3 is 60.2 Å². The van der Waals surface area contributed by atoms with E-state index in [4.69, 9.17) is 62.6 Å². The lowest BCUT2D eigenvalue weighted by Gasteiger charge is -2.38. The number of rotatable bonds is 25. The molecule has 33 nitrogen and oxygen atoms in total. The maximum atomic E-state index is 14.1. The first-order chi connectivity index (χ1) is 66.9. The first kappa shape index (κ1) is 98.5. The summed E-state index contributed by atoms with van der Waals surface area (Å²) in [6.07, 6.45) is 9.31. The van der Waals surface area contributed by atoms with Crippen LogP contribution in [0.4, 0.5) is 44.6 Å². The number of methoxy groups -OCH3 is 2. The third kappa shape index (κ3) is 22.1. The monoisotopic (exact) mass is 2050 g/mol. The number of carboxylic acid groups (broad SMARTS) is 3. The third-order valence-electron chi connectivity index (χ3n) is 24.6. The Morgan fingerprint density at radius 2 is 0.806 bits per heavy atom. The van der Waals surface area contributed by atoms with Gasteiger partial charge in [0.1, 0.15) is 35.6 Å². The SMILES string of the molecule is CCOC(=O)C1=C(CN2CCN3C(=O)N(c4ccc(/C=C(\C)C(=O)O)cc4)C[C@@H]3C2)NC(c2nccs2)=N[C@H]1c1ccc(F)cc1Br.COC(=O)C1=C(CN2CCN3C(=O)N(c4ccc(/C(C)=C/C(=O)O)cc4)C[C@@H]3C2)NC(c2nccs2)=N[C@H]1c1ccc(F)cc1Cl.COC(=O)C1=C(CN2CCN3C(=O)N(c4ccc(/C=C(\C)C(=O)O)cc4)C[C@@H]3C2)NC(c2nccs2)=N[C@H]1c1ccc(F)cc1Cl. The molecule has 9 aromatic rings. The summed E-state index contributed by atoms with van der Waals surface area (Å²) in [7, 11) is 2.59. The number of aliphatic imine (C=N–C) groups is 3. The van der Waals surface area contributed by atoms with E-state index in [1.807, 2.05) is 79.4 Å². The Labute approximate surface area is 826 Å². The number of amidine groups is 3. The largest absolute Gasteiger partial charge is 0.478 e. The number of benzene rings is 6. The second-order valence-electron chi connectivity index (χ2n) is 33.5. The van der Waals surface area contributed by atoms with Crippen molar-refractivity contribution in [3.63, 3.8) is 0 Å². The second-order valence-corrected chi connectivity index (χ2v) is 37.8. The predicted octanol–water partition coefficient (Wildman–Crippen LogP) is 14.2. The van der Waals surface area contributed by atoms with Gasteiger partial charge in [0.2, 0.25) is 0 Å². The summed E-state index contributed by atoms with van der Waals surface area (Å²) in [6, 6.07) is 30.9. The zero-order valence-electron chi connectivity index (χ0n) is 75.5. The number of piperazine rings is 3. The number of hydrogen-bond acceptors (Lipinski definition) is 27. The van der Waals surface area contributed by atoms with Crippen molar-refractivity contribution in [3.8, 4) is 0 Å². The predicted molar refractivity (Wildman–Crippen MR) is 524 cm³/mol. The van der Waals surface area contributed by atoms with Crippen LogP contribution in [0.3, 0.4) is 0 Å². The van der Waals surface area contributed by atoms with Gasteiger partial charge in [-0.2, -0.15) is 0 Å². The van der Waals surface area contributed by atoms with Gasteiger partial charge in [-0.15, -0.1) is 34.0 Å². The van der Waals surface area contributed by atoms with E-state index in [-0.39, 0.29) is 75.2 Å². The molecule has 0 bridgehead atoms. The number of anilines is 3. The Hall–Kier alpha value is -13.6. The second kappa shape index (κ2) is 43.2. The van der Waals surface area contributed by atoms with Crippen LogP contribution in [0.15, 0.2) is 233 Å². The summed E-state index contributed by atoms with van der Waals surface area (Å²) >= 11 is 20.6. The van der Waals surface area contributed by atoms with Gasteiger partial charge in [-0.3, -0.25) is 44.4 Å². The molecule has 0 radical (unpaired) electrons. The van der Waals surface area contributed by atoms with Crippen LogP contribution in [-0.2, 0) is 43.0 Å². The highest BCUT2D eigenvalue weighted by molar-refractivity contribution is 9.10. The van der Waals surface area contributed by atoms with Gasteiger partial charge in [0.25, 0.3) is 0 Å². The normalized spacial score (nSPS) is 20.3. The number of fused-ring (bicyclic) bond motifs is 3. The molecular weight excluding hydrogens is 1960 g/mol. The average molecular weight is 2050 g/mol. The van der Waals surface area contributed by atoms with E-state index >= 15 is 0 Å². The molecule has 12 heterocycles. The maximum Gasteiger partial charge on any atom is 0.338 e. The zero-order chi connectivity index (χ0) is 98.3. The molecule has 18 rings (SSSR count). The Bertz CT molecular complexity index is 6590. The smallest absolute Gasteiger partial charge is 0.338 e. The minimum atomic E-state index is -1.02. The number of allylic oxidation sites excluding steroid dienone is 1. The number of aliphatic carboxylic acids is 3. The van der Waals surface area contributed by atoms with E-state index in [1.54, 1.807) is 89.6 Å². The third-order valence-corrected chi connectivity index (χ3v) is 28.3. The van der Waals surface area contributed by atoms with Gasteiger partial charge in [0.05, 0.1) is 55.7 Å². The summed E-state index contributed by atoms with van der Waals surface area (Å²) in [6.45, 7) is 13.9. The van der Waals surface area contributed by atoms with Crippen molar-refractivity contribution in [1.29, 1.82) is 0 Å². The van der Waals surface area contributed by atoms with E-state index in [9.17, 15) is 61.4 Å². The number of ether oxygens (including phenoxy) is 3. The lowest BCUT2D eigenvalue weighted by Crippen LogP contribution is -2.53. The van der Waals surface area contributed by atoms with Crippen LogP contribution in [0.1, 0.15) is 94.2 Å². The molecule has 0 aliphatic carbocycles. The Morgan fingerprint density at radius 3 is 1.12 bits per heavy atom. The summed E-state index contributed by atoms with van der Waals surface area (Å²) in [5.74, 6) is -4.69. The van der Waals surface area contributed by atoms with Gasteiger partial charge in [0.15, 0.2) is 32.5 Å². The van der Waals surface area contributed by atoms with Crippen LogP contribution >= 0.6 is 73.1 Å². The molecule has 139 heavy (non-hydrogen) atoms. The number of hydrogen-bond donors (Lipinski definition) is 6. The standard InChI is InChI=1S/C33H32BrFN6O5S.2C32H30ClFN6O5S/c1-3-46-32(44)27-26(37-29(30-36-10-13-47-30)38-28(27)24-9-6-21(35)15-25(24)34)18-39-11-12-40-23(16-39)17-41(33(40)45)22-7-4-20(5-8-22)14-19(2)31(42)43;1-18(13-26(41)42)19-3-6-21(7-4-19)40-16-22-15-38(10-11-39(22)32(40)44)17-25-27(31(43)45-2)28(23-8-5-20(34)14-24(23)33)37-29(36-25)30-35-9-12-46-30;1-18(30(41)42)13-19-3-6-21(7-4-19)40-16-22-15-38(10-11-39(22)32(40)44)17-25-26(31(43)45-2)27(23-8-5-20(34)14-24(23)33)37-28(36-25)29-35-9-12-46-29/h4-10,13-15,23,28H,3,11-12,16-18H2,1-2H3,(H,37,38)(H,42,43);3-9,12-14,22,28H,10-11,15-17H2,1-2H3,(H,36,37)(H,41,42);3-9,12-14,22,27H,10-11,15-17H2,1-2H3,(H,36,37)(H,41,42)/b19-14+;2*18-13+/t23-,28-;22-,28-;22-,27-/m000/s1. The number of nitrogens with zero attached hydrogens (tertiary/aromatic N) is 15. The maximum absolute atomic E-state index is 14.1. The lowest BCUT2D eigenvalue weighted by molar-refractivity contribution is -0.139. The van der Waals surface area contributed by atoms with Gasteiger partial charge in [-0.25, -0.2) is 71.3 Å². The van der Waals surface area contributed by atoms with Crippen LogP contribution in [0.2, 0.25) is 10.0 Å². The number of nitrogens with one attached hydrogen (secondary N) is 3. The molecule has 6 N–H and O–H groups in total. The number of carbonyl (C=O) groups excluding carboxylic acids is 6. The van der Waals surface area contributed by atoms with Gasteiger partial charge in [-0.05, 0) is 140 Å². The molecule has 6 saturated heterocycles. The van der Waals surface area contributed by atoms with E-state index < -0.39 is 71.4 Å². The topological polar surface area (TPSA) is 383 Å². The summed E-state index contributed by atoms with van der Waals surface area (Å²) in [5, 5.41) is 45.0. The summed E-state index contributed by atoms with van der Waals surface area (Å²) in [5.41, 5.74) is 9.59. The van der Waals surface area contributed by atoms with Crippen LogP contribution < -0.4 is 30.7 Å². The van der Waals surface area contributed by atoms with Crippen molar-refractivity contribution in [3.05, 3.63) is 294 Å². The lowest BCUT2D eigenvalue weighted by atomic mass is 9.95. The number of carboxylic acids is 3. The Balaban J connectivity index is 0.000000151. The Morgan fingerprint density at radius 1 is 0.468 bits per heavy atom. The van der Waals surface area contributed by atoms with Gasteiger partial charge in [-0.1, -0.05) is 93.7 Å². The van der Waals surface area contributed by atoms with E-state index in [2.05, 4.69) is 61.5 Å². The van der Waals surface area contributed by atoms with Crippen molar-refractivity contribution in [2.24, 2.45) is 15.0 Å². The number of aromatic nitrogens is 3. The van der Waals surface area contributed by atoms with Gasteiger partial charge in [0, 0.05) is 210 Å². The summed E-state index contributed by atoms with van der Waals surface area (Å²) < 4.78 is 58.4. The van der Waals surface area contributed by atoms with Crippen LogP contribution in [-0.4, -0.2) is 268 Å². The number of amides is 6. The number of carbonyl (C=O) groups is 9. The van der Waals surface area contributed by atoms with E-state index in [1.165, 1.54) is 111 Å². The molecule has 9 aliphatic rings. The van der Waals surface area contributed by atoms with Crippen molar-refractivity contribution in [2.45, 2.75) is 63.9 Å². The molecule has 6 aromatic carbocycles. The van der Waals surface area contributed by atoms with Crippen molar-refractivity contribution >= 4 is 179 Å². The van der Waals surface area contributed by atoms with E-state index in [0.717, 1.165) is 39.8 Å². The highest BCUT2D eigenvalue weighted by Crippen LogP contribution is 2.43. The minimum Gasteiger partial charge on any atom is -0.478 e. The fourth-order valence-corrected chi connectivity index (χ4v) is 20.7. The van der Waals surface area contributed by atoms with Crippen molar-refractivity contribution < 1.29 is 85.9 Å². The quantitative estimate of drug-likeness (QED) is 0.0176. The number of urea groups is 3. The zero-order valence-corrected chi connectivity index (χ0v) is 81.1. The average Bonchev–Trinajstić information content (AvgIpc) is 1.61. The molecule has 720 valence electrons. The fourth-order valence-electron chi connectivity index (χ4n) is 17.9. The molecule has 0 unspecified atom stereocenters. The van der Waals surface area contributed by atoms with Crippen LogP contribution in [0, 0.1) is 17.5 Å². The molecular formula is C97H92BrCl2F3N18O15S3.